The van der Waals surface area contributed by atoms with E-state index in [1.54, 1.807) is 18.4 Å². The van der Waals surface area contributed by atoms with E-state index in [-0.39, 0.29) is 0 Å². The summed E-state index contributed by atoms with van der Waals surface area (Å²) in [6.45, 7) is 3.77. The molecule has 1 N–H and O–H groups in total. The minimum atomic E-state index is 0.712. The van der Waals surface area contributed by atoms with E-state index in [2.05, 4.69) is 23.7 Å². The highest BCUT2D eigenvalue weighted by Gasteiger charge is 2.08. The summed E-state index contributed by atoms with van der Waals surface area (Å²) in [6, 6.07) is 7.92. The molecule has 0 radical (unpaired) electrons. The van der Waals surface area contributed by atoms with Gasteiger partial charge in [-0.1, -0.05) is 24.6 Å². The lowest BCUT2D eigenvalue weighted by Crippen LogP contribution is -2.13. The van der Waals surface area contributed by atoms with Crippen LogP contribution in [0.3, 0.4) is 0 Å². The molecule has 0 aliphatic carbocycles. The fourth-order valence-electron chi connectivity index (χ4n) is 2.04. The van der Waals surface area contributed by atoms with Crippen LogP contribution < -0.4 is 10.1 Å². The van der Waals surface area contributed by atoms with Gasteiger partial charge in [0.25, 0.3) is 0 Å². The average Bonchev–Trinajstić information content (AvgIpc) is 2.88. The molecule has 0 atom stereocenters. The Labute approximate surface area is 123 Å². The molecule has 1 aromatic heterocycles. The molecule has 0 aliphatic heterocycles. The van der Waals surface area contributed by atoms with Gasteiger partial charge in [-0.3, -0.25) is 0 Å². The Balaban J connectivity index is 2.00. The number of thiophene rings is 1. The van der Waals surface area contributed by atoms with Gasteiger partial charge in [0, 0.05) is 28.6 Å². The van der Waals surface area contributed by atoms with Gasteiger partial charge in [0.1, 0.15) is 5.75 Å². The van der Waals surface area contributed by atoms with Crippen LogP contribution in [0.25, 0.3) is 0 Å². The van der Waals surface area contributed by atoms with Crippen molar-refractivity contribution in [3.05, 3.63) is 50.7 Å². The first kappa shape index (κ1) is 14.4. The molecule has 19 heavy (non-hydrogen) atoms. The van der Waals surface area contributed by atoms with E-state index < -0.39 is 0 Å². The van der Waals surface area contributed by atoms with Crippen molar-refractivity contribution in [3.63, 3.8) is 0 Å². The lowest BCUT2D eigenvalue weighted by atomic mass is 10.2. The Kier molecular flexibility index (Phi) is 5.25. The summed E-state index contributed by atoms with van der Waals surface area (Å²) < 4.78 is 5.34. The molecule has 0 aliphatic rings. The van der Waals surface area contributed by atoms with Crippen molar-refractivity contribution in [2.75, 3.05) is 7.11 Å². The zero-order chi connectivity index (χ0) is 13.7. The predicted octanol–water partition coefficient (Wildman–Crippen LogP) is 4.26. The van der Waals surface area contributed by atoms with Crippen molar-refractivity contribution in [2.45, 2.75) is 26.4 Å². The van der Waals surface area contributed by atoms with Gasteiger partial charge in [-0.15, -0.1) is 11.3 Å². The summed E-state index contributed by atoms with van der Waals surface area (Å²) in [6.07, 6.45) is 1.08. The first-order valence-electron chi connectivity index (χ1n) is 6.33. The minimum absolute atomic E-state index is 0.712. The second kappa shape index (κ2) is 6.94. The maximum Gasteiger partial charge on any atom is 0.124 e. The van der Waals surface area contributed by atoms with Crippen LogP contribution in [0.1, 0.15) is 22.9 Å². The van der Waals surface area contributed by atoms with Crippen LogP contribution in [0, 0.1) is 0 Å². The van der Waals surface area contributed by atoms with Crippen molar-refractivity contribution in [2.24, 2.45) is 0 Å². The molecule has 1 heterocycles. The lowest BCUT2D eigenvalue weighted by Gasteiger charge is -2.11. The number of nitrogens with one attached hydrogen (secondary N) is 1. The number of rotatable bonds is 6. The number of hydrogen-bond donors (Lipinski definition) is 1. The Morgan fingerprint density at radius 3 is 2.84 bits per heavy atom. The molecule has 0 amide bonds. The zero-order valence-corrected chi connectivity index (χ0v) is 12.8. The fraction of sp³-hybridized carbons (Fsp3) is 0.333. The predicted molar refractivity (Wildman–Crippen MR) is 82.2 cm³/mol. The third-order valence-electron chi connectivity index (χ3n) is 3.10. The molecule has 0 spiro atoms. The van der Waals surface area contributed by atoms with Gasteiger partial charge in [0.2, 0.25) is 0 Å². The molecule has 2 nitrogen and oxygen atoms in total. The average molecular weight is 296 g/mol. The highest BCUT2D eigenvalue weighted by Crippen LogP contribution is 2.26. The summed E-state index contributed by atoms with van der Waals surface area (Å²) >= 11 is 8.01. The zero-order valence-electron chi connectivity index (χ0n) is 11.2. The van der Waals surface area contributed by atoms with Crippen molar-refractivity contribution in [1.82, 2.24) is 5.32 Å². The molecule has 2 rings (SSSR count). The van der Waals surface area contributed by atoms with E-state index >= 15 is 0 Å². The van der Waals surface area contributed by atoms with Crippen LogP contribution in [-0.4, -0.2) is 7.11 Å². The topological polar surface area (TPSA) is 21.3 Å². The van der Waals surface area contributed by atoms with Gasteiger partial charge in [0.05, 0.1) is 7.11 Å². The number of methoxy groups -OCH3 is 1. The third-order valence-corrected chi connectivity index (χ3v) is 4.42. The SMILES string of the molecule is CCc1ccsc1CNCc1c(Cl)cccc1OC. The smallest absolute Gasteiger partial charge is 0.124 e. The molecule has 4 heteroatoms. The van der Waals surface area contributed by atoms with Crippen LogP contribution in [0.15, 0.2) is 29.6 Å². The second-order valence-corrected chi connectivity index (χ2v) is 5.65. The highest BCUT2D eigenvalue weighted by atomic mass is 35.5. The van der Waals surface area contributed by atoms with Crippen LogP contribution in [-0.2, 0) is 19.5 Å². The standard InChI is InChI=1S/C15H18ClNOS/c1-3-11-7-8-19-15(11)10-17-9-12-13(16)5-4-6-14(12)18-2/h4-8,17H,3,9-10H2,1-2H3. The van der Waals surface area contributed by atoms with Crippen molar-refractivity contribution in [3.8, 4) is 5.75 Å². The van der Waals surface area contributed by atoms with E-state index in [4.69, 9.17) is 16.3 Å². The van der Waals surface area contributed by atoms with Crippen LogP contribution in [0.4, 0.5) is 0 Å². The largest absolute Gasteiger partial charge is 0.496 e. The molecule has 0 bridgehead atoms. The number of aryl methyl sites for hydroxylation is 1. The van der Waals surface area contributed by atoms with Crippen LogP contribution in [0.2, 0.25) is 5.02 Å². The molecule has 1 aromatic carbocycles. The molecule has 0 fully saturated rings. The van der Waals surface area contributed by atoms with Gasteiger partial charge in [-0.2, -0.15) is 0 Å². The minimum Gasteiger partial charge on any atom is -0.496 e. The van der Waals surface area contributed by atoms with Crippen LogP contribution >= 0.6 is 22.9 Å². The lowest BCUT2D eigenvalue weighted by molar-refractivity contribution is 0.407. The summed E-state index contributed by atoms with van der Waals surface area (Å²) in [7, 11) is 1.67. The van der Waals surface area contributed by atoms with E-state index in [1.807, 2.05) is 18.2 Å². The summed E-state index contributed by atoms with van der Waals surface area (Å²) in [5.41, 5.74) is 2.44. The molecule has 0 saturated carbocycles. The first-order chi connectivity index (χ1) is 9.26. The van der Waals surface area contributed by atoms with Gasteiger partial charge in [0.15, 0.2) is 0 Å². The molecular formula is C15H18ClNOS. The number of ether oxygens (including phenoxy) is 1. The maximum atomic E-state index is 6.21. The molecular weight excluding hydrogens is 278 g/mol. The van der Waals surface area contributed by atoms with Crippen molar-refractivity contribution in [1.29, 1.82) is 0 Å². The van der Waals surface area contributed by atoms with E-state index in [1.165, 1.54) is 10.4 Å². The molecule has 0 saturated heterocycles. The molecule has 2 aromatic rings. The van der Waals surface area contributed by atoms with Gasteiger partial charge < -0.3 is 10.1 Å². The quantitative estimate of drug-likeness (QED) is 0.859. The summed E-state index contributed by atoms with van der Waals surface area (Å²) in [4.78, 5) is 1.40. The summed E-state index contributed by atoms with van der Waals surface area (Å²) in [5, 5.41) is 6.33. The maximum absolute atomic E-state index is 6.21. The Morgan fingerprint density at radius 2 is 2.11 bits per heavy atom. The Hall–Kier alpha value is -1.03. The van der Waals surface area contributed by atoms with Gasteiger partial charge in [-0.05, 0) is 35.6 Å². The van der Waals surface area contributed by atoms with Gasteiger partial charge >= 0.3 is 0 Å². The normalized spacial score (nSPS) is 10.7. The number of halogens is 1. The second-order valence-electron chi connectivity index (χ2n) is 4.25. The number of hydrogen-bond acceptors (Lipinski definition) is 3. The molecule has 102 valence electrons. The Bertz CT molecular complexity index is 539. The van der Waals surface area contributed by atoms with Crippen molar-refractivity contribution >= 4 is 22.9 Å². The fourth-order valence-corrected chi connectivity index (χ4v) is 3.22. The van der Waals surface area contributed by atoms with E-state index in [0.29, 0.717) is 6.54 Å². The van der Waals surface area contributed by atoms with Crippen LogP contribution in [0.5, 0.6) is 5.75 Å². The highest BCUT2D eigenvalue weighted by molar-refractivity contribution is 7.10. The third kappa shape index (κ3) is 3.50. The van der Waals surface area contributed by atoms with E-state index in [0.717, 1.165) is 29.3 Å². The Morgan fingerprint density at radius 1 is 1.26 bits per heavy atom. The van der Waals surface area contributed by atoms with E-state index in [9.17, 15) is 0 Å². The first-order valence-corrected chi connectivity index (χ1v) is 7.59. The number of benzene rings is 1. The van der Waals surface area contributed by atoms with Crippen molar-refractivity contribution < 1.29 is 4.74 Å². The monoisotopic (exact) mass is 295 g/mol. The summed E-state index contributed by atoms with van der Waals surface area (Å²) in [5.74, 6) is 0.835. The molecule has 0 unspecified atom stereocenters. The van der Waals surface area contributed by atoms with Gasteiger partial charge in [-0.25, -0.2) is 0 Å².